The molecule has 0 amide bonds. The molecule has 1 aromatic heterocycles. The minimum absolute atomic E-state index is 0.0226. The van der Waals surface area contributed by atoms with E-state index in [0.29, 0.717) is 24.2 Å². The number of hydrogen-bond acceptors (Lipinski definition) is 5. The number of sulfone groups is 1. The zero-order valence-corrected chi connectivity index (χ0v) is 9.94. The van der Waals surface area contributed by atoms with Gasteiger partial charge in [0.25, 0.3) is 0 Å². The molecule has 1 aromatic rings. The highest BCUT2D eigenvalue weighted by Gasteiger charge is 2.30. The van der Waals surface area contributed by atoms with Crippen molar-refractivity contribution < 1.29 is 22.8 Å². The van der Waals surface area contributed by atoms with Crippen molar-refractivity contribution in [2.75, 3.05) is 11.5 Å². The number of aliphatic carboxylic acids is 1. The van der Waals surface area contributed by atoms with Crippen molar-refractivity contribution in [1.29, 1.82) is 0 Å². The second-order valence-corrected chi connectivity index (χ2v) is 6.47. The maximum atomic E-state index is 11.5. The van der Waals surface area contributed by atoms with Crippen LogP contribution in [0.15, 0.2) is 10.7 Å². The van der Waals surface area contributed by atoms with Crippen molar-refractivity contribution in [1.82, 2.24) is 5.16 Å². The first-order valence-electron chi connectivity index (χ1n) is 5.33. The van der Waals surface area contributed by atoms with Gasteiger partial charge in [0.05, 0.1) is 24.1 Å². The van der Waals surface area contributed by atoms with Crippen LogP contribution in [0.1, 0.15) is 30.1 Å². The van der Waals surface area contributed by atoms with E-state index < -0.39 is 15.8 Å². The van der Waals surface area contributed by atoms with E-state index in [1.165, 1.54) is 6.20 Å². The van der Waals surface area contributed by atoms with E-state index in [1.807, 2.05) is 0 Å². The summed E-state index contributed by atoms with van der Waals surface area (Å²) in [5.74, 6) is -0.602. The van der Waals surface area contributed by atoms with Crippen molar-refractivity contribution in [2.24, 2.45) is 0 Å². The summed E-state index contributed by atoms with van der Waals surface area (Å²) in [6.45, 7) is 0. The summed E-state index contributed by atoms with van der Waals surface area (Å²) >= 11 is 0. The highest BCUT2D eigenvalue weighted by molar-refractivity contribution is 7.91. The highest BCUT2D eigenvalue weighted by atomic mass is 32.2. The Balaban J connectivity index is 2.22. The van der Waals surface area contributed by atoms with Crippen LogP contribution in [0.4, 0.5) is 0 Å². The van der Waals surface area contributed by atoms with Crippen molar-refractivity contribution in [3.8, 4) is 0 Å². The summed E-state index contributed by atoms with van der Waals surface area (Å²) in [7, 11) is -3.04. The van der Waals surface area contributed by atoms with Crippen LogP contribution < -0.4 is 0 Å². The van der Waals surface area contributed by atoms with E-state index in [9.17, 15) is 13.2 Å². The van der Waals surface area contributed by atoms with Gasteiger partial charge in [-0.2, -0.15) is 0 Å². The molecule has 0 bridgehead atoms. The summed E-state index contributed by atoms with van der Waals surface area (Å²) < 4.78 is 28.0. The molecule has 0 aliphatic carbocycles. The van der Waals surface area contributed by atoms with Crippen LogP contribution in [0, 0.1) is 0 Å². The van der Waals surface area contributed by atoms with Gasteiger partial charge in [0.1, 0.15) is 5.76 Å². The first kappa shape index (κ1) is 12.1. The Bertz CT molecular complexity index is 519. The molecule has 1 N–H and O–H groups in total. The number of nitrogens with zero attached hydrogens (tertiary/aromatic N) is 1. The van der Waals surface area contributed by atoms with Crippen LogP contribution in [0.3, 0.4) is 0 Å². The van der Waals surface area contributed by atoms with Gasteiger partial charge in [-0.1, -0.05) is 5.16 Å². The molecule has 1 fully saturated rings. The standard InChI is InChI=1S/C10H13NO5S/c12-9(13)4-8-5-11-16-10(8)7-2-1-3-17(14,15)6-7/h5,7H,1-4,6H2,(H,12,13). The van der Waals surface area contributed by atoms with E-state index in [1.54, 1.807) is 0 Å². The molecular weight excluding hydrogens is 246 g/mol. The van der Waals surface area contributed by atoms with E-state index in [4.69, 9.17) is 9.63 Å². The molecule has 7 heteroatoms. The zero-order valence-electron chi connectivity index (χ0n) is 9.13. The smallest absolute Gasteiger partial charge is 0.308 e. The third-order valence-corrected chi connectivity index (χ3v) is 4.67. The Morgan fingerprint density at radius 1 is 1.59 bits per heavy atom. The van der Waals surface area contributed by atoms with Gasteiger partial charge in [-0.3, -0.25) is 4.79 Å². The van der Waals surface area contributed by atoms with Crippen LogP contribution in [0.5, 0.6) is 0 Å². The van der Waals surface area contributed by atoms with E-state index in [0.717, 1.165) is 0 Å². The lowest BCUT2D eigenvalue weighted by Gasteiger charge is -2.20. The Morgan fingerprint density at radius 3 is 3.00 bits per heavy atom. The summed E-state index contributed by atoms with van der Waals surface area (Å²) in [6, 6.07) is 0. The van der Waals surface area contributed by atoms with Crippen LogP contribution in [-0.2, 0) is 21.1 Å². The average molecular weight is 259 g/mol. The van der Waals surface area contributed by atoms with E-state index in [-0.39, 0.29) is 23.8 Å². The second kappa shape index (κ2) is 4.48. The van der Waals surface area contributed by atoms with Gasteiger partial charge < -0.3 is 9.63 Å². The molecule has 2 rings (SSSR count). The van der Waals surface area contributed by atoms with E-state index >= 15 is 0 Å². The fraction of sp³-hybridized carbons (Fsp3) is 0.600. The molecule has 1 atom stereocenters. The van der Waals surface area contributed by atoms with E-state index in [2.05, 4.69) is 5.16 Å². The molecule has 1 aliphatic rings. The third-order valence-electron chi connectivity index (χ3n) is 2.85. The maximum Gasteiger partial charge on any atom is 0.308 e. The Hall–Kier alpha value is -1.37. The lowest BCUT2D eigenvalue weighted by Crippen LogP contribution is -2.24. The summed E-state index contributed by atoms with van der Waals surface area (Å²) in [4.78, 5) is 10.6. The quantitative estimate of drug-likeness (QED) is 0.853. The minimum Gasteiger partial charge on any atom is -0.481 e. The second-order valence-electron chi connectivity index (χ2n) is 4.24. The highest BCUT2D eigenvalue weighted by Crippen LogP contribution is 2.30. The summed E-state index contributed by atoms with van der Waals surface area (Å²) in [5, 5.41) is 12.3. The lowest BCUT2D eigenvalue weighted by atomic mass is 9.98. The molecule has 0 radical (unpaired) electrons. The van der Waals surface area contributed by atoms with Gasteiger partial charge in [-0.25, -0.2) is 8.42 Å². The van der Waals surface area contributed by atoms with Gasteiger partial charge in [-0.05, 0) is 12.8 Å². The zero-order chi connectivity index (χ0) is 12.5. The fourth-order valence-corrected chi connectivity index (χ4v) is 3.84. The molecule has 1 unspecified atom stereocenters. The number of carboxylic acid groups (broad SMARTS) is 1. The number of carbonyl (C=O) groups is 1. The molecule has 17 heavy (non-hydrogen) atoms. The molecule has 2 heterocycles. The molecule has 0 spiro atoms. The fourth-order valence-electron chi connectivity index (χ4n) is 2.13. The summed E-state index contributed by atoms with van der Waals surface area (Å²) in [5.41, 5.74) is 0.472. The van der Waals surface area contributed by atoms with Crippen LogP contribution in [-0.4, -0.2) is 36.2 Å². The molecular formula is C10H13NO5S. The monoisotopic (exact) mass is 259 g/mol. The average Bonchev–Trinajstić information content (AvgIpc) is 2.63. The third kappa shape index (κ3) is 2.85. The lowest BCUT2D eigenvalue weighted by molar-refractivity contribution is -0.136. The number of aromatic nitrogens is 1. The largest absolute Gasteiger partial charge is 0.481 e. The first-order valence-corrected chi connectivity index (χ1v) is 7.16. The Labute approximate surface area is 98.5 Å². The molecule has 1 aliphatic heterocycles. The summed E-state index contributed by atoms with van der Waals surface area (Å²) in [6.07, 6.45) is 2.45. The Morgan fingerprint density at radius 2 is 2.35 bits per heavy atom. The van der Waals surface area contributed by atoms with Gasteiger partial charge in [0.2, 0.25) is 0 Å². The van der Waals surface area contributed by atoms with Crippen LogP contribution in [0.25, 0.3) is 0 Å². The molecule has 94 valence electrons. The van der Waals surface area contributed by atoms with Crippen molar-refractivity contribution in [3.63, 3.8) is 0 Å². The van der Waals surface area contributed by atoms with Gasteiger partial charge in [0, 0.05) is 11.5 Å². The molecule has 6 nitrogen and oxygen atoms in total. The number of carboxylic acids is 1. The van der Waals surface area contributed by atoms with Gasteiger partial charge in [-0.15, -0.1) is 0 Å². The molecule has 1 saturated heterocycles. The van der Waals surface area contributed by atoms with Crippen LogP contribution in [0.2, 0.25) is 0 Å². The van der Waals surface area contributed by atoms with Crippen molar-refractivity contribution >= 4 is 15.8 Å². The first-order chi connectivity index (χ1) is 7.98. The topological polar surface area (TPSA) is 97.5 Å². The minimum atomic E-state index is -3.04. The van der Waals surface area contributed by atoms with Gasteiger partial charge >= 0.3 is 5.97 Å². The predicted octanol–water partition coefficient (Wildman–Crippen LogP) is 0.594. The Kier molecular flexibility index (Phi) is 3.19. The predicted molar refractivity (Wildman–Crippen MR) is 58.5 cm³/mol. The maximum absolute atomic E-state index is 11.5. The molecule has 0 aromatic carbocycles. The molecule has 0 saturated carbocycles. The van der Waals surface area contributed by atoms with Crippen molar-refractivity contribution in [2.45, 2.75) is 25.2 Å². The number of hydrogen-bond donors (Lipinski definition) is 1. The SMILES string of the molecule is O=C(O)Cc1cnoc1C1CCCS(=O)(=O)C1. The van der Waals surface area contributed by atoms with Crippen molar-refractivity contribution in [3.05, 3.63) is 17.5 Å². The normalized spacial score (nSPS) is 23.4. The number of rotatable bonds is 3. The van der Waals surface area contributed by atoms with Crippen LogP contribution >= 0.6 is 0 Å². The van der Waals surface area contributed by atoms with Gasteiger partial charge in [0.15, 0.2) is 9.84 Å².